The number of halogens is 3. The number of alkyl halides is 3. The van der Waals surface area contributed by atoms with Gasteiger partial charge in [-0.25, -0.2) is 9.36 Å². The third-order valence-electron chi connectivity index (χ3n) is 2.60. The molecule has 106 valence electrons. The largest absolute Gasteiger partial charge is 0.480 e. The molecule has 0 bridgehead atoms. The van der Waals surface area contributed by atoms with Gasteiger partial charge in [-0.05, 0) is 18.2 Å². The Labute approximate surface area is 108 Å². The highest BCUT2D eigenvalue weighted by atomic mass is 19.4. The van der Waals surface area contributed by atoms with E-state index in [2.05, 4.69) is 4.98 Å². The topological polar surface area (TPSA) is 92.2 Å². The Morgan fingerprint density at radius 2 is 1.95 bits per heavy atom. The molecular weight excluding hydrogens is 281 g/mol. The summed E-state index contributed by atoms with van der Waals surface area (Å²) in [5, 5.41) is 8.18. The monoisotopic (exact) mass is 288 g/mol. The Balaban J connectivity index is 2.78. The lowest BCUT2D eigenvalue weighted by atomic mass is 10.1. The normalized spacial score (nSPS) is 11.8. The number of fused-ring (bicyclic) bond motifs is 1. The number of H-pyrrole nitrogens is 1. The third-order valence-corrected chi connectivity index (χ3v) is 2.60. The second kappa shape index (κ2) is 4.51. The van der Waals surface area contributed by atoms with Crippen LogP contribution in [0.3, 0.4) is 0 Å². The Morgan fingerprint density at radius 1 is 1.30 bits per heavy atom. The number of hydrogen-bond donors (Lipinski definition) is 2. The van der Waals surface area contributed by atoms with Crippen molar-refractivity contribution in [2.45, 2.75) is 12.7 Å². The first-order valence-corrected chi connectivity index (χ1v) is 5.26. The van der Waals surface area contributed by atoms with Gasteiger partial charge in [-0.2, -0.15) is 13.2 Å². The number of aliphatic carboxylic acids is 1. The molecule has 9 heteroatoms. The van der Waals surface area contributed by atoms with E-state index in [9.17, 15) is 27.6 Å². The zero-order chi connectivity index (χ0) is 15.1. The fourth-order valence-electron chi connectivity index (χ4n) is 1.71. The summed E-state index contributed by atoms with van der Waals surface area (Å²) in [4.78, 5) is 36.1. The van der Waals surface area contributed by atoms with Crippen LogP contribution in [0.5, 0.6) is 0 Å². The van der Waals surface area contributed by atoms with Crippen LogP contribution in [0.1, 0.15) is 5.56 Å². The average Bonchev–Trinajstić information content (AvgIpc) is 2.32. The molecule has 20 heavy (non-hydrogen) atoms. The summed E-state index contributed by atoms with van der Waals surface area (Å²) in [6.45, 7) is -0.930. The molecular formula is C11H7F3N2O4. The van der Waals surface area contributed by atoms with Gasteiger partial charge >= 0.3 is 17.8 Å². The van der Waals surface area contributed by atoms with Gasteiger partial charge in [0.05, 0.1) is 16.5 Å². The van der Waals surface area contributed by atoms with Gasteiger partial charge in [-0.1, -0.05) is 0 Å². The highest BCUT2D eigenvalue weighted by molar-refractivity contribution is 5.78. The minimum Gasteiger partial charge on any atom is -0.480 e. The van der Waals surface area contributed by atoms with Crippen molar-refractivity contribution in [3.63, 3.8) is 0 Å². The maximum atomic E-state index is 12.6. The Kier molecular flexibility index (Phi) is 3.12. The predicted octanol–water partition coefficient (Wildman–Crippen LogP) is 0.793. The summed E-state index contributed by atoms with van der Waals surface area (Å²) in [5.74, 6) is -1.45. The molecule has 2 aromatic rings. The van der Waals surface area contributed by atoms with Gasteiger partial charge in [0.25, 0.3) is 5.56 Å². The highest BCUT2D eigenvalue weighted by Crippen LogP contribution is 2.30. The Morgan fingerprint density at radius 3 is 2.50 bits per heavy atom. The summed E-state index contributed by atoms with van der Waals surface area (Å²) in [6.07, 6.45) is -4.64. The fraction of sp³-hybridized carbons (Fsp3) is 0.182. The van der Waals surface area contributed by atoms with E-state index >= 15 is 0 Å². The maximum Gasteiger partial charge on any atom is 0.416 e. The standard InChI is InChI=1S/C11H7F3N2O4/c12-11(13,14)5-1-2-7-6(3-5)9(19)16(4-8(17)18)10(20)15-7/h1-3H,4H2,(H,15,20)(H,17,18). The second-order valence-electron chi connectivity index (χ2n) is 3.97. The number of benzene rings is 1. The molecule has 6 nitrogen and oxygen atoms in total. The molecule has 0 spiro atoms. The summed E-state index contributed by atoms with van der Waals surface area (Å²) >= 11 is 0. The van der Waals surface area contributed by atoms with Gasteiger partial charge in [-0.3, -0.25) is 9.59 Å². The van der Waals surface area contributed by atoms with Crippen molar-refractivity contribution in [3.8, 4) is 0 Å². The molecule has 1 heterocycles. The number of nitrogens with zero attached hydrogens (tertiary/aromatic N) is 1. The molecule has 0 aliphatic carbocycles. The molecule has 2 N–H and O–H groups in total. The summed E-state index contributed by atoms with van der Waals surface area (Å²) in [5.41, 5.74) is -3.23. The van der Waals surface area contributed by atoms with Crippen LogP contribution in [-0.2, 0) is 17.5 Å². The summed E-state index contributed by atoms with van der Waals surface area (Å²) in [6, 6.07) is 2.25. The van der Waals surface area contributed by atoms with Gasteiger partial charge < -0.3 is 10.1 Å². The van der Waals surface area contributed by atoms with Crippen LogP contribution in [0.15, 0.2) is 27.8 Å². The van der Waals surface area contributed by atoms with E-state index in [0.29, 0.717) is 10.6 Å². The Bertz CT molecular complexity index is 804. The smallest absolute Gasteiger partial charge is 0.416 e. The number of carboxylic acids is 1. The second-order valence-corrected chi connectivity index (χ2v) is 3.97. The van der Waals surface area contributed by atoms with Gasteiger partial charge in [-0.15, -0.1) is 0 Å². The molecule has 2 rings (SSSR count). The third kappa shape index (κ3) is 2.42. The SMILES string of the molecule is O=C(O)Cn1c(=O)[nH]c2ccc(C(F)(F)F)cc2c1=O. The lowest BCUT2D eigenvalue weighted by Gasteiger charge is -2.08. The molecule has 0 saturated carbocycles. The number of carboxylic acid groups (broad SMARTS) is 1. The number of aromatic amines is 1. The van der Waals surface area contributed by atoms with E-state index in [0.717, 1.165) is 12.1 Å². The minimum atomic E-state index is -4.64. The number of nitrogens with one attached hydrogen (secondary N) is 1. The van der Waals surface area contributed by atoms with Crippen LogP contribution < -0.4 is 11.2 Å². The van der Waals surface area contributed by atoms with Crippen molar-refractivity contribution in [2.24, 2.45) is 0 Å². The van der Waals surface area contributed by atoms with Crippen LogP contribution in [-0.4, -0.2) is 20.6 Å². The number of carbonyl (C=O) groups is 1. The number of rotatable bonds is 2. The lowest BCUT2D eigenvalue weighted by molar-refractivity contribution is -0.138. The minimum absolute atomic E-state index is 0.0883. The van der Waals surface area contributed by atoms with Crippen molar-refractivity contribution >= 4 is 16.9 Å². The molecule has 0 atom stereocenters. The van der Waals surface area contributed by atoms with E-state index in [1.165, 1.54) is 0 Å². The molecule has 0 amide bonds. The maximum absolute atomic E-state index is 12.6. The van der Waals surface area contributed by atoms with E-state index < -0.39 is 40.9 Å². The van der Waals surface area contributed by atoms with Crippen LogP contribution in [0.2, 0.25) is 0 Å². The first-order valence-electron chi connectivity index (χ1n) is 5.26. The number of aromatic nitrogens is 2. The fourth-order valence-corrected chi connectivity index (χ4v) is 1.71. The molecule has 0 radical (unpaired) electrons. The molecule has 0 unspecified atom stereocenters. The van der Waals surface area contributed by atoms with Gasteiger partial charge in [0.1, 0.15) is 6.54 Å². The highest BCUT2D eigenvalue weighted by Gasteiger charge is 2.30. The van der Waals surface area contributed by atoms with Gasteiger partial charge in [0, 0.05) is 0 Å². The Hall–Kier alpha value is -2.58. The van der Waals surface area contributed by atoms with Crippen molar-refractivity contribution in [3.05, 3.63) is 44.6 Å². The molecule has 0 aliphatic rings. The zero-order valence-corrected chi connectivity index (χ0v) is 9.69. The molecule has 1 aromatic carbocycles. The zero-order valence-electron chi connectivity index (χ0n) is 9.69. The van der Waals surface area contributed by atoms with Gasteiger partial charge in [0.15, 0.2) is 0 Å². The van der Waals surface area contributed by atoms with E-state index in [-0.39, 0.29) is 5.52 Å². The quantitative estimate of drug-likeness (QED) is 0.854. The molecule has 0 aliphatic heterocycles. The van der Waals surface area contributed by atoms with Crippen molar-refractivity contribution in [1.82, 2.24) is 9.55 Å². The van der Waals surface area contributed by atoms with Crippen molar-refractivity contribution in [2.75, 3.05) is 0 Å². The van der Waals surface area contributed by atoms with Crippen LogP contribution in [0.25, 0.3) is 10.9 Å². The average molecular weight is 288 g/mol. The van der Waals surface area contributed by atoms with Crippen molar-refractivity contribution < 1.29 is 23.1 Å². The molecule has 1 aromatic heterocycles. The van der Waals surface area contributed by atoms with Crippen LogP contribution in [0, 0.1) is 0 Å². The predicted molar refractivity (Wildman–Crippen MR) is 61.5 cm³/mol. The first kappa shape index (κ1) is 13.8. The van der Waals surface area contributed by atoms with E-state index in [1.807, 2.05) is 0 Å². The van der Waals surface area contributed by atoms with E-state index in [4.69, 9.17) is 5.11 Å². The lowest BCUT2D eigenvalue weighted by Crippen LogP contribution is -2.37. The summed E-state index contributed by atoms with van der Waals surface area (Å²) in [7, 11) is 0. The molecule has 0 fully saturated rings. The van der Waals surface area contributed by atoms with Gasteiger partial charge in [0.2, 0.25) is 0 Å². The van der Waals surface area contributed by atoms with Crippen LogP contribution >= 0.6 is 0 Å². The summed E-state index contributed by atoms with van der Waals surface area (Å²) < 4.78 is 38.0. The van der Waals surface area contributed by atoms with Crippen molar-refractivity contribution in [1.29, 1.82) is 0 Å². The number of hydrogen-bond acceptors (Lipinski definition) is 3. The van der Waals surface area contributed by atoms with Crippen LogP contribution in [0.4, 0.5) is 13.2 Å². The molecule has 0 saturated heterocycles. The first-order chi connectivity index (χ1) is 9.20. The van der Waals surface area contributed by atoms with E-state index in [1.54, 1.807) is 0 Å².